The highest BCUT2D eigenvalue weighted by atomic mass is 31.2. The maximum absolute atomic E-state index is 14.8. The van der Waals surface area contributed by atoms with Crippen LogP contribution in [-0.4, -0.2) is 35.5 Å². The molecule has 1 N–H and O–H groups in total. The van der Waals surface area contributed by atoms with E-state index in [2.05, 4.69) is 10.4 Å². The van der Waals surface area contributed by atoms with E-state index in [0.717, 1.165) is 16.6 Å². The molecule has 6 nitrogen and oxygen atoms in total. The van der Waals surface area contributed by atoms with Crippen LogP contribution in [0.15, 0.2) is 54.7 Å². The zero-order valence-corrected chi connectivity index (χ0v) is 20.2. The number of rotatable bonds is 4. The monoisotopic (exact) mass is 511 g/mol. The van der Waals surface area contributed by atoms with E-state index in [0.29, 0.717) is 28.8 Å². The van der Waals surface area contributed by atoms with Gasteiger partial charge in [0.1, 0.15) is 18.7 Å². The standard InChI is InChI=1S/C26H21F3N3O3P/c1-36(2,34)21-7-6-13(10-17(21)27)14-8-9-32-19(11-14)23-16-12-18(24(23)31-32)30-25(33)15-4-3-5-20(22(15)16)35-26(28)29/h3-11,16,18,26H,12H2,1-2H3,(H,30,33)/t16-,18-/m1/s1. The van der Waals surface area contributed by atoms with Crippen LogP contribution < -0.4 is 15.4 Å². The first-order chi connectivity index (χ1) is 17.1. The molecule has 2 bridgehead atoms. The Balaban J connectivity index is 1.52. The van der Waals surface area contributed by atoms with Gasteiger partial charge in [0.15, 0.2) is 0 Å². The summed E-state index contributed by atoms with van der Waals surface area (Å²) in [6, 6.07) is 12.5. The first-order valence-electron chi connectivity index (χ1n) is 11.4. The van der Waals surface area contributed by atoms with Crippen LogP contribution in [0.3, 0.4) is 0 Å². The van der Waals surface area contributed by atoms with Crippen molar-refractivity contribution in [2.75, 3.05) is 13.3 Å². The van der Waals surface area contributed by atoms with Gasteiger partial charge in [-0.05, 0) is 67.3 Å². The molecule has 4 aromatic rings. The smallest absolute Gasteiger partial charge is 0.387 e. The minimum atomic E-state index is -3.03. The molecule has 2 atom stereocenters. The summed E-state index contributed by atoms with van der Waals surface area (Å²) < 4.78 is 60.0. The zero-order valence-electron chi connectivity index (χ0n) is 19.3. The minimum absolute atomic E-state index is 0.0344. The Labute approximate surface area is 204 Å². The topological polar surface area (TPSA) is 72.7 Å². The fourth-order valence-electron chi connectivity index (χ4n) is 5.39. The van der Waals surface area contributed by atoms with Crippen molar-refractivity contribution in [3.8, 4) is 16.9 Å². The number of alkyl halides is 2. The maximum atomic E-state index is 14.8. The number of pyridine rings is 1. The first kappa shape index (κ1) is 22.9. The van der Waals surface area contributed by atoms with Crippen LogP contribution in [0.1, 0.15) is 45.6 Å². The Hall–Kier alpha value is -3.58. The Kier molecular flexibility index (Phi) is 5.06. The summed E-state index contributed by atoms with van der Waals surface area (Å²) in [4.78, 5) is 12.9. The third-order valence-electron chi connectivity index (χ3n) is 6.89. The second-order valence-corrected chi connectivity index (χ2v) is 12.7. The molecule has 0 unspecified atom stereocenters. The third-order valence-corrected chi connectivity index (χ3v) is 8.42. The predicted molar refractivity (Wildman–Crippen MR) is 129 cm³/mol. The number of aromatic nitrogens is 2. The van der Waals surface area contributed by atoms with Crippen molar-refractivity contribution in [2.24, 2.45) is 0 Å². The molecule has 184 valence electrons. The average molecular weight is 511 g/mol. The number of carbonyl (C=O) groups is 1. The van der Waals surface area contributed by atoms with Gasteiger partial charge in [-0.2, -0.15) is 13.9 Å². The number of amides is 1. The molecule has 3 heterocycles. The molecule has 1 aliphatic carbocycles. The summed E-state index contributed by atoms with van der Waals surface area (Å²) in [5, 5.41) is 7.84. The lowest BCUT2D eigenvalue weighted by Gasteiger charge is -2.19. The van der Waals surface area contributed by atoms with Crippen LogP contribution in [0.25, 0.3) is 16.6 Å². The SMILES string of the molecule is CP(C)(=O)c1ccc(-c2ccn3nc4c(c3c2)[C@@H]2C[C@H]4NC(=O)c3cccc(OC(F)F)c32)cc1F. The summed E-state index contributed by atoms with van der Waals surface area (Å²) >= 11 is 0. The van der Waals surface area contributed by atoms with Crippen molar-refractivity contribution in [1.29, 1.82) is 0 Å². The lowest BCUT2D eigenvalue weighted by atomic mass is 9.88. The van der Waals surface area contributed by atoms with Gasteiger partial charge >= 0.3 is 6.61 Å². The predicted octanol–water partition coefficient (Wildman–Crippen LogP) is 5.31. The van der Waals surface area contributed by atoms with Crippen LogP contribution in [0, 0.1) is 5.82 Å². The Morgan fingerprint density at radius 2 is 1.89 bits per heavy atom. The van der Waals surface area contributed by atoms with Gasteiger partial charge in [0.2, 0.25) is 0 Å². The molecule has 0 fully saturated rings. The molecule has 2 aromatic carbocycles. The van der Waals surface area contributed by atoms with Gasteiger partial charge in [-0.15, -0.1) is 0 Å². The third kappa shape index (κ3) is 3.53. The molecule has 0 spiro atoms. The highest BCUT2D eigenvalue weighted by Gasteiger charge is 2.43. The number of benzene rings is 2. The summed E-state index contributed by atoms with van der Waals surface area (Å²) in [6.45, 7) is 0.0146. The van der Waals surface area contributed by atoms with Crippen molar-refractivity contribution in [1.82, 2.24) is 14.9 Å². The van der Waals surface area contributed by atoms with E-state index < -0.39 is 25.5 Å². The molecular weight excluding hydrogens is 490 g/mol. The number of ether oxygens (including phenoxy) is 1. The van der Waals surface area contributed by atoms with Gasteiger partial charge < -0.3 is 14.6 Å². The first-order valence-corrected chi connectivity index (χ1v) is 14.0. The number of halogens is 3. The van der Waals surface area contributed by atoms with Gasteiger partial charge in [-0.1, -0.05) is 12.1 Å². The minimum Gasteiger partial charge on any atom is -0.434 e. The van der Waals surface area contributed by atoms with Gasteiger partial charge in [0.05, 0.1) is 17.3 Å². The van der Waals surface area contributed by atoms with Crippen molar-refractivity contribution >= 4 is 23.9 Å². The molecule has 0 saturated heterocycles. The van der Waals surface area contributed by atoms with Crippen LogP contribution >= 0.6 is 7.14 Å². The molecule has 1 amide bonds. The molecule has 2 aliphatic rings. The van der Waals surface area contributed by atoms with E-state index >= 15 is 0 Å². The summed E-state index contributed by atoms with van der Waals surface area (Å²) in [5.74, 6) is -1.32. The highest BCUT2D eigenvalue weighted by Crippen LogP contribution is 2.51. The number of hydrogen-bond acceptors (Lipinski definition) is 4. The van der Waals surface area contributed by atoms with Crippen molar-refractivity contribution in [2.45, 2.75) is 25.0 Å². The summed E-state index contributed by atoms with van der Waals surface area (Å²) in [7, 11) is -2.76. The van der Waals surface area contributed by atoms with Gasteiger partial charge in [0, 0.05) is 34.1 Å². The van der Waals surface area contributed by atoms with Crippen molar-refractivity contribution < 1.29 is 27.3 Å². The average Bonchev–Trinajstić information content (AvgIpc) is 3.30. The van der Waals surface area contributed by atoms with E-state index in [-0.39, 0.29) is 23.0 Å². The van der Waals surface area contributed by atoms with Gasteiger partial charge in [-0.25, -0.2) is 8.91 Å². The Morgan fingerprint density at radius 1 is 1.11 bits per heavy atom. The van der Waals surface area contributed by atoms with E-state index in [1.165, 1.54) is 31.5 Å². The largest absolute Gasteiger partial charge is 0.434 e. The zero-order chi connectivity index (χ0) is 25.4. The van der Waals surface area contributed by atoms with Crippen LogP contribution in [0.4, 0.5) is 13.2 Å². The van der Waals surface area contributed by atoms with Gasteiger partial charge in [-0.3, -0.25) is 4.79 Å². The molecule has 0 saturated carbocycles. The fraction of sp³-hybridized carbons (Fsp3) is 0.231. The Bertz CT molecular complexity index is 1610. The lowest BCUT2D eigenvalue weighted by molar-refractivity contribution is -0.0505. The number of fused-ring (bicyclic) bond motifs is 9. The molecule has 6 rings (SSSR count). The van der Waals surface area contributed by atoms with E-state index in [9.17, 15) is 22.5 Å². The molecule has 10 heteroatoms. The Morgan fingerprint density at radius 3 is 2.61 bits per heavy atom. The maximum Gasteiger partial charge on any atom is 0.387 e. The van der Waals surface area contributed by atoms with Crippen molar-refractivity contribution in [3.05, 3.63) is 82.9 Å². The second-order valence-electron chi connectivity index (χ2n) is 9.47. The number of hydrogen-bond donors (Lipinski definition) is 1. The van der Waals surface area contributed by atoms with Crippen LogP contribution in [0.5, 0.6) is 5.75 Å². The summed E-state index contributed by atoms with van der Waals surface area (Å²) in [6.07, 6.45) is 2.21. The van der Waals surface area contributed by atoms with Gasteiger partial charge in [0.25, 0.3) is 5.91 Å². The number of nitrogens with one attached hydrogen (secondary N) is 1. The van der Waals surface area contributed by atoms with E-state index in [1.807, 2.05) is 6.07 Å². The van der Waals surface area contributed by atoms with Crippen molar-refractivity contribution in [3.63, 3.8) is 0 Å². The quantitative estimate of drug-likeness (QED) is 0.377. The lowest BCUT2D eigenvalue weighted by Crippen LogP contribution is -2.27. The molecule has 36 heavy (non-hydrogen) atoms. The molecule has 0 radical (unpaired) electrons. The van der Waals surface area contributed by atoms with Crippen LogP contribution in [-0.2, 0) is 4.57 Å². The number of carbonyl (C=O) groups excluding carboxylic acids is 1. The molecular formula is C26H21F3N3O3P. The molecule has 2 aromatic heterocycles. The normalized spacial score (nSPS) is 18.7. The molecule has 1 aliphatic heterocycles. The van der Waals surface area contributed by atoms with E-state index in [1.54, 1.807) is 35.0 Å². The highest BCUT2D eigenvalue weighted by molar-refractivity contribution is 7.70. The summed E-state index contributed by atoms with van der Waals surface area (Å²) in [5.41, 5.74) is 4.25. The second kappa shape index (κ2) is 7.96. The fourth-order valence-corrected chi connectivity index (χ4v) is 6.40. The van der Waals surface area contributed by atoms with E-state index in [4.69, 9.17) is 4.74 Å². The van der Waals surface area contributed by atoms with Crippen LogP contribution in [0.2, 0.25) is 0 Å². The number of nitrogens with zero attached hydrogens (tertiary/aromatic N) is 2.